The Hall–Kier alpha value is -2.75. The first-order valence-corrected chi connectivity index (χ1v) is 13.0. The van der Waals surface area contributed by atoms with Crippen LogP contribution in [0.5, 0.6) is 0 Å². The van der Waals surface area contributed by atoms with Gasteiger partial charge in [-0.3, -0.25) is 9.69 Å². The number of hydrogen-bond donors (Lipinski definition) is 3. The van der Waals surface area contributed by atoms with Crippen molar-refractivity contribution in [1.82, 2.24) is 4.67 Å². The predicted octanol–water partition coefficient (Wildman–Crippen LogP) is 3.99. The fourth-order valence-corrected chi connectivity index (χ4v) is 5.62. The molecule has 2 unspecified atom stereocenters. The number of carbonyl (C=O) groups is 2. The summed E-state index contributed by atoms with van der Waals surface area (Å²) in [5, 5.41) is 11.9. The molecule has 0 bridgehead atoms. The molecule has 0 fully saturated rings. The first kappa shape index (κ1) is 25.9. The monoisotopic (exact) mass is 506 g/mol. The highest BCUT2D eigenvalue weighted by Crippen LogP contribution is 2.45. The van der Waals surface area contributed by atoms with Crippen LogP contribution in [0, 0.1) is 5.92 Å². The number of anilines is 1. The maximum absolute atomic E-state index is 14.0. The molecule has 0 aliphatic heterocycles. The van der Waals surface area contributed by atoms with E-state index in [-0.39, 0.29) is 18.7 Å². The van der Waals surface area contributed by atoms with Gasteiger partial charge in [-0.25, -0.2) is 9.36 Å². The number of carbonyl (C=O) groups excluding carboxylic acids is 1. The van der Waals surface area contributed by atoms with Crippen LogP contribution in [0.4, 0.5) is 5.69 Å². The van der Waals surface area contributed by atoms with Gasteiger partial charge in [-0.05, 0) is 22.9 Å². The smallest absolute Gasteiger partial charge is 0.404 e. The maximum atomic E-state index is 14.0. The molecule has 34 heavy (non-hydrogen) atoms. The highest BCUT2D eigenvalue weighted by molar-refractivity contribution is 7.49. The van der Waals surface area contributed by atoms with Crippen LogP contribution >= 0.6 is 19.1 Å². The summed E-state index contributed by atoms with van der Waals surface area (Å²) in [7, 11) is -4.90. The Kier molecular flexibility index (Phi) is 8.46. The molecule has 0 saturated heterocycles. The number of nitrogens with zero attached hydrogens (tertiary/aromatic N) is 2. The Morgan fingerprint density at radius 1 is 1.09 bits per heavy atom. The van der Waals surface area contributed by atoms with Crippen molar-refractivity contribution >= 4 is 36.6 Å². The average Bonchev–Trinajstić information content (AvgIpc) is 3.47. The predicted molar refractivity (Wildman–Crippen MR) is 128 cm³/mol. The number of benzene rings is 1. The molecule has 0 spiro atoms. The van der Waals surface area contributed by atoms with Crippen molar-refractivity contribution < 1.29 is 33.5 Å². The van der Waals surface area contributed by atoms with Gasteiger partial charge >= 0.3 is 13.7 Å². The Morgan fingerprint density at radius 3 is 2.29 bits per heavy atom. The molecule has 3 aromatic rings. The molecule has 2 aromatic heterocycles. The number of thiophene rings is 1. The number of amides is 1. The molecule has 0 radical (unpaired) electrons. The van der Waals surface area contributed by atoms with Gasteiger partial charge in [0.15, 0.2) is 0 Å². The molecular weight excluding hydrogens is 479 g/mol. The molecule has 1 amide bonds. The number of carboxylic acid groups (broad SMARTS) is 1. The first-order chi connectivity index (χ1) is 16.1. The second-order valence-corrected chi connectivity index (χ2v) is 10.7. The van der Waals surface area contributed by atoms with Crippen molar-refractivity contribution in [3.63, 3.8) is 0 Å². The molecule has 11 heteroatoms. The average molecular weight is 507 g/mol. The van der Waals surface area contributed by atoms with Gasteiger partial charge in [0.1, 0.15) is 18.3 Å². The molecule has 2 heterocycles. The van der Waals surface area contributed by atoms with Gasteiger partial charge in [-0.2, -0.15) is 4.67 Å². The van der Waals surface area contributed by atoms with Gasteiger partial charge in [0, 0.05) is 23.9 Å². The third-order valence-corrected chi connectivity index (χ3v) is 7.25. The van der Waals surface area contributed by atoms with Gasteiger partial charge in [0.25, 0.3) is 0 Å². The number of aliphatic carboxylic acids is 1. The molecule has 9 nitrogen and oxygen atoms in total. The quantitative estimate of drug-likeness (QED) is 0.333. The van der Waals surface area contributed by atoms with Gasteiger partial charge < -0.3 is 19.3 Å². The highest BCUT2D eigenvalue weighted by atomic mass is 32.1. The van der Waals surface area contributed by atoms with Crippen LogP contribution in [0.3, 0.4) is 0 Å². The topological polar surface area (TPSA) is 132 Å². The lowest BCUT2D eigenvalue weighted by molar-refractivity contribution is -0.140. The largest absolute Gasteiger partial charge is 0.480 e. The third kappa shape index (κ3) is 6.22. The Balaban J connectivity index is 2.06. The summed E-state index contributed by atoms with van der Waals surface area (Å²) in [5.41, 5.74) is 0.892. The standard InChI is InChI=1S/C23H27N2O7PS/c1-16(2)21(24(33(29,30)31)14-19-9-6-12-34-19)22(26)25(18-10-11-32-15-18)20(23(27)28)13-17-7-4-3-5-8-17/h3-12,15-16,20-21H,13-14H2,1-2H3,(H,27,28)(H2,29,30,31). The number of carboxylic acids is 1. The van der Waals surface area contributed by atoms with Gasteiger partial charge in [0.05, 0.1) is 12.0 Å². The van der Waals surface area contributed by atoms with Crippen molar-refractivity contribution in [2.75, 3.05) is 4.90 Å². The minimum Gasteiger partial charge on any atom is -0.480 e. The van der Waals surface area contributed by atoms with Crippen molar-refractivity contribution in [1.29, 1.82) is 0 Å². The lowest BCUT2D eigenvalue weighted by Gasteiger charge is -2.38. The first-order valence-electron chi connectivity index (χ1n) is 10.6. The fourth-order valence-electron chi connectivity index (χ4n) is 3.80. The van der Waals surface area contributed by atoms with E-state index in [0.717, 1.165) is 9.57 Å². The second-order valence-electron chi connectivity index (χ2n) is 8.11. The maximum Gasteiger partial charge on any atom is 0.404 e. The summed E-state index contributed by atoms with van der Waals surface area (Å²) in [5.74, 6) is -2.53. The van der Waals surface area contributed by atoms with E-state index in [1.807, 2.05) is 0 Å². The van der Waals surface area contributed by atoms with E-state index in [2.05, 4.69) is 0 Å². The summed E-state index contributed by atoms with van der Waals surface area (Å²) in [6.07, 6.45) is 2.56. The third-order valence-electron chi connectivity index (χ3n) is 5.33. The molecule has 1 aromatic carbocycles. The Labute approximate surface area is 201 Å². The van der Waals surface area contributed by atoms with Crippen molar-refractivity contribution in [3.8, 4) is 0 Å². The molecule has 0 aliphatic carbocycles. The summed E-state index contributed by atoms with van der Waals surface area (Å²) in [6.45, 7) is 3.17. The number of rotatable bonds is 11. The second kappa shape index (κ2) is 11.1. The van der Waals surface area contributed by atoms with E-state index in [4.69, 9.17) is 4.42 Å². The summed E-state index contributed by atoms with van der Waals surface area (Å²) >= 11 is 1.31. The zero-order valence-electron chi connectivity index (χ0n) is 18.7. The van der Waals surface area contributed by atoms with Crippen LogP contribution in [0.2, 0.25) is 0 Å². The van der Waals surface area contributed by atoms with E-state index in [1.165, 1.54) is 29.9 Å². The van der Waals surface area contributed by atoms with Gasteiger partial charge in [-0.15, -0.1) is 11.3 Å². The Morgan fingerprint density at radius 2 is 1.79 bits per heavy atom. The molecule has 0 aliphatic rings. The van der Waals surface area contributed by atoms with Crippen LogP contribution in [-0.2, 0) is 27.1 Å². The minimum absolute atomic E-state index is 0.00125. The zero-order chi connectivity index (χ0) is 24.9. The van der Waals surface area contributed by atoms with Crippen LogP contribution in [-0.4, -0.2) is 43.5 Å². The van der Waals surface area contributed by atoms with Crippen LogP contribution in [0.1, 0.15) is 24.3 Å². The van der Waals surface area contributed by atoms with E-state index >= 15 is 0 Å². The van der Waals surface area contributed by atoms with Crippen LogP contribution in [0.15, 0.2) is 70.9 Å². The summed E-state index contributed by atoms with van der Waals surface area (Å²) < 4.78 is 18.5. The highest BCUT2D eigenvalue weighted by Gasteiger charge is 2.44. The molecular formula is C23H27N2O7PS. The van der Waals surface area contributed by atoms with E-state index in [1.54, 1.807) is 61.7 Å². The molecule has 2 atom stereocenters. The SMILES string of the molecule is CC(C)C(C(=O)N(c1ccoc1)C(Cc1ccccc1)C(=O)O)N(Cc1cccs1)P(=O)(O)O. The lowest BCUT2D eigenvalue weighted by Crippen LogP contribution is -2.55. The van der Waals surface area contributed by atoms with E-state index in [0.29, 0.717) is 10.4 Å². The van der Waals surface area contributed by atoms with Crippen LogP contribution in [0.25, 0.3) is 0 Å². The van der Waals surface area contributed by atoms with Crippen molar-refractivity contribution in [2.45, 2.75) is 38.9 Å². The fraction of sp³-hybridized carbons (Fsp3) is 0.304. The van der Waals surface area contributed by atoms with Crippen molar-refractivity contribution in [2.24, 2.45) is 5.92 Å². The van der Waals surface area contributed by atoms with E-state index < -0.39 is 37.6 Å². The summed E-state index contributed by atoms with van der Waals surface area (Å²) in [4.78, 5) is 48.4. The molecule has 3 N–H and O–H groups in total. The molecule has 3 rings (SSSR count). The Bertz CT molecular complexity index is 1110. The molecule has 0 saturated carbocycles. The minimum atomic E-state index is -4.90. The number of furan rings is 1. The van der Waals surface area contributed by atoms with Crippen LogP contribution < -0.4 is 4.90 Å². The number of hydrogen-bond acceptors (Lipinski definition) is 5. The lowest BCUT2D eigenvalue weighted by atomic mass is 9.99. The van der Waals surface area contributed by atoms with Gasteiger partial charge in [-0.1, -0.05) is 50.2 Å². The van der Waals surface area contributed by atoms with E-state index in [9.17, 15) is 29.0 Å². The van der Waals surface area contributed by atoms with Gasteiger partial charge in [0.2, 0.25) is 5.91 Å². The molecule has 182 valence electrons. The normalized spacial score (nSPS) is 13.7. The zero-order valence-corrected chi connectivity index (χ0v) is 20.4. The summed E-state index contributed by atoms with van der Waals surface area (Å²) in [6, 6.07) is 11.2. The van der Waals surface area contributed by atoms with Crippen molar-refractivity contribution in [3.05, 3.63) is 76.9 Å².